The summed E-state index contributed by atoms with van der Waals surface area (Å²) in [6, 6.07) is 6.46. The molecule has 1 aliphatic carbocycles. The summed E-state index contributed by atoms with van der Waals surface area (Å²) in [5, 5.41) is 3.30. The van der Waals surface area contributed by atoms with Crippen LogP contribution in [0.3, 0.4) is 0 Å². The fraction of sp³-hybridized carbons (Fsp3) is 0.538. The average molecular weight is 236 g/mol. The third-order valence-electron chi connectivity index (χ3n) is 3.39. The lowest BCUT2D eigenvalue weighted by Crippen LogP contribution is -2.21. The lowest BCUT2D eigenvalue weighted by Gasteiger charge is -2.15. The summed E-state index contributed by atoms with van der Waals surface area (Å²) in [5.41, 5.74) is 8.75. The van der Waals surface area contributed by atoms with Crippen LogP contribution in [-0.4, -0.2) is 19.8 Å². The van der Waals surface area contributed by atoms with Crippen LogP contribution >= 0.6 is 11.8 Å². The molecule has 0 atom stereocenters. The first kappa shape index (κ1) is 11.8. The highest BCUT2D eigenvalue weighted by Gasteiger charge is 2.41. The molecule has 3 N–H and O–H groups in total. The van der Waals surface area contributed by atoms with Crippen LogP contribution < -0.4 is 11.1 Å². The largest absolute Gasteiger partial charge is 0.398 e. The van der Waals surface area contributed by atoms with Gasteiger partial charge in [-0.15, -0.1) is 11.8 Å². The van der Waals surface area contributed by atoms with E-state index >= 15 is 0 Å². The summed E-state index contributed by atoms with van der Waals surface area (Å²) in [6.07, 6.45) is 5.97. The maximum absolute atomic E-state index is 5.90. The van der Waals surface area contributed by atoms with Gasteiger partial charge < -0.3 is 11.1 Å². The average Bonchev–Trinajstić information content (AvgIpc) is 3.01. The number of nitrogen functional groups attached to an aromatic ring is 1. The zero-order valence-corrected chi connectivity index (χ0v) is 10.9. The molecule has 1 aromatic rings. The Balaban J connectivity index is 2.10. The van der Waals surface area contributed by atoms with Crippen molar-refractivity contribution >= 4 is 17.4 Å². The van der Waals surface area contributed by atoms with Crippen molar-refractivity contribution in [3.8, 4) is 0 Å². The molecule has 1 saturated carbocycles. The topological polar surface area (TPSA) is 38.0 Å². The Labute approximate surface area is 102 Å². The van der Waals surface area contributed by atoms with E-state index in [1.807, 2.05) is 13.1 Å². The van der Waals surface area contributed by atoms with E-state index in [0.29, 0.717) is 5.41 Å². The molecule has 0 unspecified atom stereocenters. The molecular formula is C13H20N2S. The van der Waals surface area contributed by atoms with E-state index in [9.17, 15) is 0 Å². The van der Waals surface area contributed by atoms with Gasteiger partial charge in [0.05, 0.1) is 0 Å². The molecule has 1 fully saturated rings. The molecule has 0 aliphatic heterocycles. The van der Waals surface area contributed by atoms with Gasteiger partial charge in [-0.2, -0.15) is 0 Å². The lowest BCUT2D eigenvalue weighted by molar-refractivity contribution is 0.478. The summed E-state index contributed by atoms with van der Waals surface area (Å²) in [5.74, 6) is 0. The zero-order chi connectivity index (χ0) is 11.6. The quantitative estimate of drug-likeness (QED) is 0.609. The van der Waals surface area contributed by atoms with Gasteiger partial charge in [-0.05, 0) is 55.7 Å². The van der Waals surface area contributed by atoms with E-state index < -0.39 is 0 Å². The highest BCUT2D eigenvalue weighted by atomic mass is 32.2. The number of rotatable bonds is 5. The molecular weight excluding hydrogens is 216 g/mol. The van der Waals surface area contributed by atoms with Crippen LogP contribution in [-0.2, 0) is 6.42 Å². The molecule has 3 heteroatoms. The maximum Gasteiger partial charge on any atom is 0.0452 e. The normalized spacial score (nSPS) is 17.4. The minimum absolute atomic E-state index is 0.528. The van der Waals surface area contributed by atoms with Crippen molar-refractivity contribution in [1.29, 1.82) is 0 Å². The van der Waals surface area contributed by atoms with Crippen LogP contribution in [0.25, 0.3) is 0 Å². The third kappa shape index (κ3) is 2.53. The molecule has 0 aromatic heterocycles. The summed E-state index contributed by atoms with van der Waals surface area (Å²) < 4.78 is 0. The highest BCUT2D eigenvalue weighted by molar-refractivity contribution is 7.98. The van der Waals surface area contributed by atoms with Crippen LogP contribution in [0.15, 0.2) is 23.1 Å². The molecule has 88 valence electrons. The first-order valence-electron chi connectivity index (χ1n) is 5.76. The van der Waals surface area contributed by atoms with Crippen LogP contribution in [0.4, 0.5) is 5.69 Å². The van der Waals surface area contributed by atoms with E-state index in [1.54, 1.807) is 11.8 Å². The number of hydrogen-bond acceptors (Lipinski definition) is 3. The molecule has 2 rings (SSSR count). The Morgan fingerprint density at radius 1 is 1.44 bits per heavy atom. The van der Waals surface area contributed by atoms with Crippen molar-refractivity contribution in [3.05, 3.63) is 23.8 Å². The minimum Gasteiger partial charge on any atom is -0.398 e. The first-order chi connectivity index (χ1) is 7.69. The van der Waals surface area contributed by atoms with E-state index in [0.717, 1.165) is 12.2 Å². The first-order valence-corrected chi connectivity index (χ1v) is 6.99. The minimum atomic E-state index is 0.528. The van der Waals surface area contributed by atoms with Gasteiger partial charge in [0.1, 0.15) is 0 Å². The molecule has 16 heavy (non-hydrogen) atoms. The molecule has 0 bridgehead atoms. The predicted octanol–water partition coefficient (Wildman–Crippen LogP) is 2.53. The summed E-state index contributed by atoms with van der Waals surface area (Å²) in [4.78, 5) is 1.21. The second kappa shape index (κ2) is 4.68. The second-order valence-electron chi connectivity index (χ2n) is 4.78. The smallest absolute Gasteiger partial charge is 0.0452 e. The fourth-order valence-corrected chi connectivity index (χ4v) is 2.84. The van der Waals surface area contributed by atoms with Gasteiger partial charge in [-0.1, -0.05) is 6.07 Å². The fourth-order valence-electron chi connectivity index (χ4n) is 2.27. The number of benzene rings is 1. The Kier molecular flexibility index (Phi) is 3.45. The van der Waals surface area contributed by atoms with Crippen LogP contribution in [0.1, 0.15) is 18.4 Å². The number of hydrogen-bond donors (Lipinski definition) is 2. The Bertz CT molecular complexity index is 372. The van der Waals surface area contributed by atoms with Crippen molar-refractivity contribution in [2.45, 2.75) is 24.2 Å². The monoisotopic (exact) mass is 236 g/mol. The van der Waals surface area contributed by atoms with Crippen molar-refractivity contribution in [2.75, 3.05) is 25.6 Å². The lowest BCUT2D eigenvalue weighted by atomic mass is 9.96. The number of nitrogens with two attached hydrogens (primary N) is 1. The molecule has 0 spiro atoms. The molecule has 0 amide bonds. The van der Waals surface area contributed by atoms with Gasteiger partial charge >= 0.3 is 0 Å². The number of anilines is 1. The van der Waals surface area contributed by atoms with Gasteiger partial charge in [0.25, 0.3) is 0 Å². The van der Waals surface area contributed by atoms with Crippen molar-refractivity contribution < 1.29 is 0 Å². The Morgan fingerprint density at radius 3 is 2.75 bits per heavy atom. The van der Waals surface area contributed by atoms with Crippen molar-refractivity contribution in [2.24, 2.45) is 5.41 Å². The molecule has 0 heterocycles. The van der Waals surface area contributed by atoms with E-state index in [2.05, 4.69) is 23.7 Å². The van der Waals surface area contributed by atoms with Crippen LogP contribution in [0.2, 0.25) is 0 Å². The predicted molar refractivity (Wildman–Crippen MR) is 71.9 cm³/mol. The Hall–Kier alpha value is -0.670. The molecule has 0 radical (unpaired) electrons. The van der Waals surface area contributed by atoms with Crippen LogP contribution in [0, 0.1) is 5.41 Å². The Morgan fingerprint density at radius 2 is 2.19 bits per heavy atom. The van der Waals surface area contributed by atoms with Gasteiger partial charge in [0.2, 0.25) is 0 Å². The second-order valence-corrected chi connectivity index (χ2v) is 5.63. The molecule has 1 aromatic carbocycles. The van der Waals surface area contributed by atoms with Gasteiger partial charge in [-0.25, -0.2) is 0 Å². The van der Waals surface area contributed by atoms with Crippen molar-refractivity contribution in [1.82, 2.24) is 5.32 Å². The molecule has 0 saturated heterocycles. The summed E-state index contributed by atoms with van der Waals surface area (Å²) in [7, 11) is 2.04. The van der Waals surface area contributed by atoms with Gasteiger partial charge in [0, 0.05) is 17.1 Å². The standard InChI is InChI=1S/C13H20N2S/c1-15-9-13(5-6-13)8-10-3-4-11(14)12(7-10)16-2/h3-4,7,15H,5-6,8-9,14H2,1-2H3. The maximum atomic E-state index is 5.90. The zero-order valence-electron chi connectivity index (χ0n) is 10.0. The molecule has 2 nitrogen and oxygen atoms in total. The van der Waals surface area contributed by atoms with E-state index in [4.69, 9.17) is 5.73 Å². The number of nitrogens with one attached hydrogen (secondary N) is 1. The van der Waals surface area contributed by atoms with Gasteiger partial charge in [0.15, 0.2) is 0 Å². The van der Waals surface area contributed by atoms with Crippen molar-refractivity contribution in [3.63, 3.8) is 0 Å². The summed E-state index contributed by atoms with van der Waals surface area (Å²) >= 11 is 1.73. The van der Waals surface area contributed by atoms with Gasteiger partial charge in [-0.3, -0.25) is 0 Å². The molecule has 1 aliphatic rings. The summed E-state index contributed by atoms with van der Waals surface area (Å²) in [6.45, 7) is 1.13. The van der Waals surface area contributed by atoms with Crippen LogP contribution in [0.5, 0.6) is 0 Å². The van der Waals surface area contributed by atoms with E-state index in [-0.39, 0.29) is 0 Å². The third-order valence-corrected chi connectivity index (χ3v) is 4.18. The highest BCUT2D eigenvalue weighted by Crippen LogP contribution is 2.48. The number of thioether (sulfide) groups is 1. The SMILES string of the molecule is CNCC1(Cc2ccc(N)c(SC)c2)CC1. The van der Waals surface area contributed by atoms with E-state index in [1.165, 1.54) is 29.7 Å².